The Hall–Kier alpha value is -1.88. The van der Waals surface area contributed by atoms with E-state index >= 15 is 0 Å². The molecule has 0 aromatic heterocycles. The van der Waals surface area contributed by atoms with E-state index in [1.807, 2.05) is 13.0 Å². The van der Waals surface area contributed by atoms with E-state index in [1.165, 1.54) is 0 Å². The van der Waals surface area contributed by atoms with Gasteiger partial charge in [0.25, 0.3) is 0 Å². The van der Waals surface area contributed by atoms with Gasteiger partial charge in [0.1, 0.15) is 0 Å². The second-order valence-corrected chi connectivity index (χ2v) is 4.81. The van der Waals surface area contributed by atoms with E-state index in [0.29, 0.717) is 13.1 Å². The van der Waals surface area contributed by atoms with Crippen LogP contribution in [0.15, 0.2) is 18.2 Å². The molecule has 0 spiro atoms. The molecule has 2 rings (SSSR count). The summed E-state index contributed by atoms with van der Waals surface area (Å²) in [5.74, 6) is -0.885. The molecular weight excluding hydrogens is 244 g/mol. The molecule has 0 saturated heterocycles. The fourth-order valence-electron chi connectivity index (χ4n) is 2.28. The number of benzene rings is 1. The highest BCUT2D eigenvalue weighted by molar-refractivity contribution is 5.88. The number of likely N-dealkylation sites (N-methyl/N-ethyl adjacent to an activating group) is 1. The quantitative estimate of drug-likeness (QED) is 0.848. The number of nitrogens with one attached hydrogen (secondary N) is 1. The molecule has 1 aromatic carbocycles. The summed E-state index contributed by atoms with van der Waals surface area (Å²) in [6.07, 6.45) is 0.775. The lowest BCUT2D eigenvalue weighted by Gasteiger charge is -2.31. The van der Waals surface area contributed by atoms with E-state index in [4.69, 9.17) is 5.11 Å². The van der Waals surface area contributed by atoms with Gasteiger partial charge in [-0.3, -0.25) is 4.79 Å². The summed E-state index contributed by atoms with van der Waals surface area (Å²) in [4.78, 5) is 24.8. The second kappa shape index (κ2) is 5.40. The van der Waals surface area contributed by atoms with Crippen molar-refractivity contribution in [1.82, 2.24) is 10.2 Å². The van der Waals surface area contributed by atoms with Crippen molar-refractivity contribution in [3.63, 3.8) is 0 Å². The lowest BCUT2D eigenvalue weighted by molar-refractivity contribution is -0.133. The molecule has 5 heteroatoms. The molecule has 1 amide bonds. The van der Waals surface area contributed by atoms with Crippen LogP contribution in [-0.4, -0.2) is 41.5 Å². The van der Waals surface area contributed by atoms with Gasteiger partial charge in [-0.15, -0.1) is 0 Å². The van der Waals surface area contributed by atoms with Gasteiger partial charge in [0.2, 0.25) is 5.91 Å². The third-order valence-electron chi connectivity index (χ3n) is 3.58. The van der Waals surface area contributed by atoms with Gasteiger partial charge in [0.15, 0.2) is 0 Å². The molecule has 1 aliphatic heterocycles. The predicted octanol–water partition coefficient (Wildman–Crippen LogP) is 0.877. The number of fused-ring (bicyclic) bond motifs is 1. The molecule has 1 unspecified atom stereocenters. The first-order valence-corrected chi connectivity index (χ1v) is 6.34. The van der Waals surface area contributed by atoms with E-state index in [9.17, 15) is 9.59 Å². The van der Waals surface area contributed by atoms with Gasteiger partial charge in [-0.1, -0.05) is 6.07 Å². The zero-order valence-corrected chi connectivity index (χ0v) is 11.1. The Morgan fingerprint density at radius 1 is 1.37 bits per heavy atom. The number of hydrogen-bond donors (Lipinski definition) is 2. The molecule has 102 valence electrons. The molecule has 0 fully saturated rings. The van der Waals surface area contributed by atoms with Crippen molar-refractivity contribution in [3.05, 3.63) is 34.9 Å². The highest BCUT2D eigenvalue weighted by Gasteiger charge is 2.24. The fourth-order valence-corrected chi connectivity index (χ4v) is 2.28. The van der Waals surface area contributed by atoms with Crippen molar-refractivity contribution in [3.8, 4) is 0 Å². The van der Waals surface area contributed by atoms with Crippen molar-refractivity contribution in [2.24, 2.45) is 0 Å². The van der Waals surface area contributed by atoms with E-state index in [-0.39, 0.29) is 17.5 Å². The molecule has 0 radical (unpaired) electrons. The van der Waals surface area contributed by atoms with Crippen molar-refractivity contribution in [2.75, 3.05) is 13.6 Å². The predicted molar refractivity (Wildman–Crippen MR) is 71.0 cm³/mol. The molecule has 2 N–H and O–H groups in total. The van der Waals surface area contributed by atoms with Gasteiger partial charge in [0.05, 0.1) is 11.6 Å². The van der Waals surface area contributed by atoms with Crippen LogP contribution in [0.2, 0.25) is 0 Å². The van der Waals surface area contributed by atoms with Gasteiger partial charge in [-0.2, -0.15) is 0 Å². The number of aromatic carboxylic acids is 1. The van der Waals surface area contributed by atoms with Crippen LogP contribution in [0.5, 0.6) is 0 Å². The summed E-state index contributed by atoms with van der Waals surface area (Å²) < 4.78 is 0. The van der Waals surface area contributed by atoms with Crippen LogP contribution in [-0.2, 0) is 17.8 Å². The summed E-state index contributed by atoms with van der Waals surface area (Å²) >= 11 is 0. The minimum Gasteiger partial charge on any atom is -0.478 e. The summed E-state index contributed by atoms with van der Waals surface area (Å²) in [5, 5.41) is 11.9. The lowest BCUT2D eigenvalue weighted by atomic mass is 9.97. The number of amides is 1. The van der Waals surface area contributed by atoms with Crippen molar-refractivity contribution in [1.29, 1.82) is 0 Å². The Kier molecular flexibility index (Phi) is 3.85. The second-order valence-electron chi connectivity index (χ2n) is 4.81. The van der Waals surface area contributed by atoms with Crippen LogP contribution in [0.1, 0.15) is 28.4 Å². The monoisotopic (exact) mass is 262 g/mol. The van der Waals surface area contributed by atoms with E-state index in [2.05, 4.69) is 5.32 Å². The number of carbonyl (C=O) groups is 2. The summed E-state index contributed by atoms with van der Waals surface area (Å²) in [6, 6.07) is 4.92. The van der Waals surface area contributed by atoms with Gasteiger partial charge >= 0.3 is 5.97 Å². The first-order chi connectivity index (χ1) is 9.02. The molecule has 1 aromatic rings. The molecule has 5 nitrogen and oxygen atoms in total. The fraction of sp³-hybridized carbons (Fsp3) is 0.429. The number of rotatable bonds is 3. The Morgan fingerprint density at radius 2 is 2.11 bits per heavy atom. The maximum Gasteiger partial charge on any atom is 0.335 e. The summed E-state index contributed by atoms with van der Waals surface area (Å²) in [5.41, 5.74) is 2.34. The third kappa shape index (κ3) is 2.76. The largest absolute Gasteiger partial charge is 0.478 e. The Labute approximate surface area is 112 Å². The molecule has 0 aliphatic carbocycles. The lowest BCUT2D eigenvalue weighted by Crippen LogP contribution is -2.45. The zero-order valence-electron chi connectivity index (χ0n) is 11.1. The number of carbonyl (C=O) groups excluding carboxylic acids is 1. The number of hydrogen-bond acceptors (Lipinski definition) is 3. The Bertz CT molecular complexity index is 513. The average Bonchev–Trinajstić information content (AvgIpc) is 2.44. The SMILES string of the molecule is CNC(C)C(=O)N1CCc2ccc(C(=O)O)cc2C1. The van der Waals surface area contributed by atoms with Crippen LogP contribution < -0.4 is 5.32 Å². The standard InChI is InChI=1S/C14H18N2O3/c1-9(15-2)13(17)16-6-5-10-3-4-11(14(18)19)7-12(10)8-16/h3-4,7,9,15H,5-6,8H2,1-2H3,(H,18,19). The molecule has 0 bridgehead atoms. The topological polar surface area (TPSA) is 69.6 Å². The number of carboxylic acids is 1. The first kappa shape index (κ1) is 13.5. The molecule has 0 saturated carbocycles. The van der Waals surface area contributed by atoms with Crippen LogP contribution >= 0.6 is 0 Å². The highest BCUT2D eigenvalue weighted by atomic mass is 16.4. The summed E-state index contributed by atoms with van der Waals surface area (Å²) in [6.45, 7) is 3.00. The van der Waals surface area contributed by atoms with E-state index < -0.39 is 5.97 Å². The minimum atomic E-state index is -0.935. The van der Waals surface area contributed by atoms with Crippen LogP contribution in [0.25, 0.3) is 0 Å². The van der Waals surface area contributed by atoms with Gasteiger partial charge in [-0.25, -0.2) is 4.79 Å². The van der Waals surface area contributed by atoms with Crippen LogP contribution in [0.4, 0.5) is 0 Å². The van der Waals surface area contributed by atoms with Gasteiger partial charge in [0, 0.05) is 13.1 Å². The molecular formula is C14H18N2O3. The molecule has 1 heterocycles. The third-order valence-corrected chi connectivity index (χ3v) is 3.58. The molecule has 19 heavy (non-hydrogen) atoms. The normalized spacial score (nSPS) is 15.8. The van der Waals surface area contributed by atoms with Gasteiger partial charge in [-0.05, 0) is 43.7 Å². The van der Waals surface area contributed by atoms with Crippen LogP contribution in [0, 0.1) is 0 Å². The molecule has 1 atom stereocenters. The smallest absolute Gasteiger partial charge is 0.335 e. The maximum atomic E-state index is 12.1. The number of nitrogens with zero attached hydrogens (tertiary/aromatic N) is 1. The Morgan fingerprint density at radius 3 is 2.74 bits per heavy atom. The van der Waals surface area contributed by atoms with Gasteiger partial charge < -0.3 is 15.3 Å². The maximum absolute atomic E-state index is 12.1. The van der Waals surface area contributed by atoms with E-state index in [0.717, 1.165) is 17.5 Å². The minimum absolute atomic E-state index is 0.0499. The average molecular weight is 262 g/mol. The van der Waals surface area contributed by atoms with Crippen molar-refractivity contribution in [2.45, 2.75) is 25.9 Å². The zero-order chi connectivity index (χ0) is 14.0. The number of carboxylic acid groups (broad SMARTS) is 1. The Balaban J connectivity index is 2.20. The molecule has 1 aliphatic rings. The van der Waals surface area contributed by atoms with Crippen molar-refractivity contribution >= 4 is 11.9 Å². The first-order valence-electron chi connectivity index (χ1n) is 6.34. The highest BCUT2D eigenvalue weighted by Crippen LogP contribution is 2.21. The van der Waals surface area contributed by atoms with Crippen molar-refractivity contribution < 1.29 is 14.7 Å². The van der Waals surface area contributed by atoms with E-state index in [1.54, 1.807) is 24.1 Å². The van der Waals surface area contributed by atoms with Crippen LogP contribution in [0.3, 0.4) is 0 Å². The summed E-state index contributed by atoms with van der Waals surface area (Å²) in [7, 11) is 1.75.